The Balaban J connectivity index is 1.70. The van der Waals surface area contributed by atoms with E-state index in [2.05, 4.69) is 10.2 Å². The summed E-state index contributed by atoms with van der Waals surface area (Å²) < 4.78 is 5.81. The maximum Gasteiger partial charge on any atom is 0.329 e. The zero-order valence-corrected chi connectivity index (χ0v) is 26.5. The average Bonchev–Trinajstić information content (AvgIpc) is 3.44. The highest BCUT2D eigenvalue weighted by Crippen LogP contribution is 2.26. The maximum atomic E-state index is 13.8. The molecular weight excluding hydrogens is 520 g/mol. The van der Waals surface area contributed by atoms with Crippen LogP contribution in [0.15, 0.2) is 11.6 Å². The van der Waals surface area contributed by atoms with Gasteiger partial charge >= 0.3 is 5.97 Å². The number of nitrogens with zero attached hydrogens (tertiary/aromatic N) is 3. The Morgan fingerprint density at radius 3 is 2.10 bits per heavy atom. The second-order valence-electron chi connectivity index (χ2n) is 13.1. The first-order valence-corrected chi connectivity index (χ1v) is 15.9. The van der Waals surface area contributed by atoms with Crippen molar-refractivity contribution >= 4 is 23.7 Å². The molecule has 9 nitrogen and oxygen atoms in total. The fraction of sp³-hybridized carbons (Fsp3) is 0.812. The lowest BCUT2D eigenvalue weighted by atomic mass is 9.96. The van der Waals surface area contributed by atoms with Crippen LogP contribution < -0.4 is 5.32 Å². The van der Waals surface area contributed by atoms with Crippen molar-refractivity contribution in [1.29, 1.82) is 0 Å². The summed E-state index contributed by atoms with van der Waals surface area (Å²) in [6.07, 6.45) is 11.2. The predicted octanol–water partition coefficient (Wildman–Crippen LogP) is 3.91. The molecule has 1 saturated carbocycles. The van der Waals surface area contributed by atoms with E-state index in [9.17, 15) is 19.2 Å². The van der Waals surface area contributed by atoms with Gasteiger partial charge in [-0.05, 0) is 83.7 Å². The number of likely N-dealkylation sites (tertiary alicyclic amines) is 2. The van der Waals surface area contributed by atoms with Crippen molar-refractivity contribution < 1.29 is 23.9 Å². The number of piperidine rings is 1. The number of likely N-dealkylation sites (N-methyl/N-ethyl adjacent to an activating group) is 2. The van der Waals surface area contributed by atoms with Crippen molar-refractivity contribution in [1.82, 2.24) is 20.0 Å². The Kier molecular flexibility index (Phi) is 12.2. The highest BCUT2D eigenvalue weighted by molar-refractivity contribution is 5.96. The van der Waals surface area contributed by atoms with Crippen LogP contribution in [0.3, 0.4) is 0 Å². The van der Waals surface area contributed by atoms with Gasteiger partial charge in [0.05, 0.1) is 12.1 Å². The average molecular weight is 575 g/mol. The van der Waals surface area contributed by atoms with E-state index in [-0.39, 0.29) is 53.7 Å². The smallest absolute Gasteiger partial charge is 0.329 e. The summed E-state index contributed by atoms with van der Waals surface area (Å²) in [5.74, 6) is -0.808. The highest BCUT2D eigenvalue weighted by atomic mass is 16.5. The second-order valence-corrected chi connectivity index (χ2v) is 13.1. The van der Waals surface area contributed by atoms with Gasteiger partial charge in [-0.15, -0.1) is 0 Å². The van der Waals surface area contributed by atoms with Crippen LogP contribution in [0.2, 0.25) is 0 Å². The van der Waals surface area contributed by atoms with Crippen LogP contribution in [-0.2, 0) is 23.9 Å². The van der Waals surface area contributed by atoms with E-state index >= 15 is 0 Å². The number of hydrogen-bond donors (Lipinski definition) is 1. The molecule has 1 N–H and O–H groups in total. The molecule has 2 saturated heterocycles. The number of carbonyl (C=O) groups excluding carboxylic acids is 4. The minimum atomic E-state index is -0.661. The van der Waals surface area contributed by atoms with Gasteiger partial charge in [0.15, 0.2) is 0 Å². The molecule has 4 atom stereocenters. The van der Waals surface area contributed by atoms with E-state index in [4.69, 9.17) is 4.74 Å². The van der Waals surface area contributed by atoms with Crippen molar-refractivity contribution in [2.45, 2.75) is 129 Å². The molecule has 0 bridgehead atoms. The third-order valence-electron chi connectivity index (χ3n) is 9.16. The first kappa shape index (κ1) is 33.1. The fourth-order valence-corrected chi connectivity index (χ4v) is 6.52. The van der Waals surface area contributed by atoms with Gasteiger partial charge < -0.3 is 19.9 Å². The summed E-state index contributed by atoms with van der Waals surface area (Å²) in [5.41, 5.74) is 0.509. The molecule has 0 aromatic carbocycles. The summed E-state index contributed by atoms with van der Waals surface area (Å²) >= 11 is 0. The normalized spacial score (nSPS) is 24.3. The van der Waals surface area contributed by atoms with E-state index in [1.54, 1.807) is 23.8 Å². The Labute approximate surface area is 247 Å². The molecule has 1 aliphatic carbocycles. The van der Waals surface area contributed by atoms with Crippen molar-refractivity contribution in [3.63, 3.8) is 0 Å². The number of rotatable bonds is 10. The summed E-state index contributed by atoms with van der Waals surface area (Å²) in [4.78, 5) is 58.9. The fourth-order valence-electron chi connectivity index (χ4n) is 6.52. The summed E-state index contributed by atoms with van der Waals surface area (Å²) in [5, 5.41) is 3.04. The monoisotopic (exact) mass is 574 g/mol. The number of amides is 3. The zero-order chi connectivity index (χ0) is 30.3. The quantitative estimate of drug-likeness (QED) is 0.314. The molecule has 3 fully saturated rings. The lowest BCUT2D eigenvalue weighted by molar-refractivity contribution is -0.158. The molecule has 3 aliphatic rings. The van der Waals surface area contributed by atoms with Gasteiger partial charge in [0.2, 0.25) is 17.7 Å². The summed E-state index contributed by atoms with van der Waals surface area (Å²) in [7, 11) is 3.71. The van der Waals surface area contributed by atoms with E-state index in [1.807, 2.05) is 40.8 Å². The molecule has 2 heterocycles. The Morgan fingerprint density at radius 1 is 0.854 bits per heavy atom. The van der Waals surface area contributed by atoms with Crippen LogP contribution >= 0.6 is 0 Å². The number of carbonyl (C=O) groups is 4. The predicted molar refractivity (Wildman–Crippen MR) is 160 cm³/mol. The van der Waals surface area contributed by atoms with Crippen molar-refractivity contribution in [3.8, 4) is 0 Å². The molecule has 0 aromatic heterocycles. The summed E-state index contributed by atoms with van der Waals surface area (Å²) in [6.45, 7) is 11.1. The number of esters is 1. The Morgan fingerprint density at radius 2 is 1.49 bits per heavy atom. The van der Waals surface area contributed by atoms with Crippen LogP contribution in [0.5, 0.6) is 0 Å². The molecule has 41 heavy (non-hydrogen) atoms. The van der Waals surface area contributed by atoms with Crippen LogP contribution in [0.1, 0.15) is 98.8 Å². The molecule has 0 aromatic rings. The van der Waals surface area contributed by atoms with Crippen molar-refractivity contribution in [2.75, 3.05) is 27.2 Å². The minimum absolute atomic E-state index is 0.0327. The van der Waals surface area contributed by atoms with Gasteiger partial charge in [-0.2, -0.15) is 0 Å². The highest BCUT2D eigenvalue weighted by Gasteiger charge is 2.38. The van der Waals surface area contributed by atoms with Gasteiger partial charge in [-0.1, -0.05) is 46.6 Å². The maximum absolute atomic E-state index is 13.8. The lowest BCUT2D eigenvalue weighted by Crippen LogP contribution is -2.57. The second kappa shape index (κ2) is 15.2. The number of nitrogens with one attached hydrogen (secondary N) is 1. The number of ether oxygens (including phenoxy) is 1. The van der Waals surface area contributed by atoms with Crippen LogP contribution in [0.4, 0.5) is 0 Å². The van der Waals surface area contributed by atoms with E-state index in [1.165, 1.54) is 6.42 Å². The SMILES string of the molecule is C/C(=C\C(C(C)C)N(C)C(=O)C(NC(=O)C1CCCCN1C)C(C)C)C(=O)N1CCCC1C(=O)OC1CCCCC1. The van der Waals surface area contributed by atoms with Crippen molar-refractivity contribution in [3.05, 3.63) is 11.6 Å². The van der Waals surface area contributed by atoms with Crippen LogP contribution in [0.25, 0.3) is 0 Å². The minimum Gasteiger partial charge on any atom is -0.461 e. The van der Waals surface area contributed by atoms with Crippen LogP contribution in [0, 0.1) is 11.8 Å². The topological polar surface area (TPSA) is 99.3 Å². The molecule has 4 unspecified atom stereocenters. The molecular formula is C32H54N4O5. The molecule has 2 aliphatic heterocycles. The van der Waals surface area contributed by atoms with E-state index in [0.29, 0.717) is 18.5 Å². The standard InChI is InChI=1S/C32H54N4O5/c1-21(2)27(35(7)31(39)28(22(3)4)33-29(37)25-16-11-12-18-34(25)6)20-23(5)30(38)36-19-13-17-26(36)32(40)41-24-14-9-8-10-15-24/h20-22,24-28H,8-19H2,1-7H3,(H,33,37)/b23-20+. The Hall–Kier alpha value is -2.42. The lowest BCUT2D eigenvalue weighted by Gasteiger charge is -2.36. The van der Waals surface area contributed by atoms with Gasteiger partial charge in [0.25, 0.3) is 0 Å². The number of hydrogen-bond acceptors (Lipinski definition) is 6. The molecule has 9 heteroatoms. The zero-order valence-electron chi connectivity index (χ0n) is 26.5. The van der Waals surface area contributed by atoms with Gasteiger partial charge in [-0.3, -0.25) is 19.3 Å². The van der Waals surface area contributed by atoms with Gasteiger partial charge in [0, 0.05) is 19.2 Å². The van der Waals surface area contributed by atoms with Crippen molar-refractivity contribution in [2.24, 2.45) is 11.8 Å². The van der Waals surface area contributed by atoms with E-state index in [0.717, 1.165) is 57.9 Å². The van der Waals surface area contributed by atoms with E-state index < -0.39 is 12.1 Å². The molecule has 0 spiro atoms. The third kappa shape index (κ3) is 8.55. The van der Waals surface area contributed by atoms with Gasteiger partial charge in [-0.25, -0.2) is 4.79 Å². The Bertz CT molecular complexity index is 958. The first-order chi connectivity index (χ1) is 19.4. The largest absolute Gasteiger partial charge is 0.461 e. The molecule has 0 radical (unpaired) electrons. The molecule has 3 amide bonds. The first-order valence-electron chi connectivity index (χ1n) is 15.9. The summed E-state index contributed by atoms with van der Waals surface area (Å²) in [6, 6.07) is -1.78. The van der Waals surface area contributed by atoms with Gasteiger partial charge in [0.1, 0.15) is 18.2 Å². The molecule has 232 valence electrons. The third-order valence-corrected chi connectivity index (χ3v) is 9.16. The van der Waals surface area contributed by atoms with Crippen LogP contribution in [-0.4, -0.2) is 95.8 Å². The molecule has 3 rings (SSSR count).